The minimum Gasteiger partial charge on any atom is -0.464 e. The first-order valence-electron chi connectivity index (χ1n) is 3.42. The van der Waals surface area contributed by atoms with Gasteiger partial charge in [-0.3, -0.25) is 0 Å². The molecule has 0 amide bonds. The highest BCUT2D eigenvalue weighted by atomic mass is 16.5. The van der Waals surface area contributed by atoms with Crippen molar-refractivity contribution >= 4 is 5.97 Å². The predicted octanol–water partition coefficient (Wildman–Crippen LogP) is 0.425. The molecule has 1 rings (SSSR count). The number of carbonyl (C=O) groups is 1. The normalized spacial score (nSPS) is 22.3. The first-order chi connectivity index (χ1) is 4.84. The van der Waals surface area contributed by atoms with Crippen LogP contribution in [0, 0.1) is 0 Å². The molecule has 0 aliphatic carbocycles. The Hall–Kier alpha value is -0.990. The van der Waals surface area contributed by atoms with Crippen LogP contribution in [-0.2, 0) is 9.53 Å². The maximum Gasteiger partial charge on any atom is 0.328 e. The van der Waals surface area contributed by atoms with E-state index in [0.29, 0.717) is 6.61 Å². The van der Waals surface area contributed by atoms with E-state index in [1.54, 1.807) is 13.1 Å². The highest BCUT2D eigenvalue weighted by Crippen LogP contribution is 2.02. The molecule has 1 N–H and O–H groups in total. The van der Waals surface area contributed by atoms with E-state index >= 15 is 0 Å². The van der Waals surface area contributed by atoms with Gasteiger partial charge < -0.3 is 10.1 Å². The van der Waals surface area contributed by atoms with Gasteiger partial charge >= 0.3 is 5.97 Å². The second-order valence-corrected chi connectivity index (χ2v) is 2.11. The molecule has 1 atom stereocenters. The molecule has 0 aromatic heterocycles. The topological polar surface area (TPSA) is 38.3 Å². The average molecular weight is 141 g/mol. The van der Waals surface area contributed by atoms with Crippen molar-refractivity contribution in [2.45, 2.75) is 19.4 Å². The Morgan fingerprint density at radius 3 is 3.20 bits per heavy atom. The zero-order valence-electron chi connectivity index (χ0n) is 5.96. The van der Waals surface area contributed by atoms with Crippen molar-refractivity contribution in [3.8, 4) is 0 Å². The molecule has 1 aliphatic rings. The smallest absolute Gasteiger partial charge is 0.328 e. The molecule has 0 fully saturated rings. The van der Waals surface area contributed by atoms with Crippen molar-refractivity contribution in [3.05, 3.63) is 12.3 Å². The number of hydrogen-bond donors (Lipinski definition) is 1. The Labute approximate surface area is 60.1 Å². The van der Waals surface area contributed by atoms with Gasteiger partial charge in [-0.25, -0.2) is 4.79 Å². The Morgan fingerprint density at radius 2 is 2.70 bits per heavy atom. The molecule has 0 spiro atoms. The molecule has 10 heavy (non-hydrogen) atoms. The first-order valence-corrected chi connectivity index (χ1v) is 3.42. The fourth-order valence-electron chi connectivity index (χ4n) is 0.863. The third-order valence-corrected chi connectivity index (χ3v) is 1.36. The Morgan fingerprint density at radius 1 is 1.90 bits per heavy atom. The summed E-state index contributed by atoms with van der Waals surface area (Å²) in [5.41, 5.74) is 0. The molecule has 0 radical (unpaired) electrons. The van der Waals surface area contributed by atoms with Gasteiger partial charge in [0.1, 0.15) is 6.04 Å². The van der Waals surface area contributed by atoms with E-state index in [0.717, 1.165) is 6.42 Å². The fraction of sp³-hybridized carbons (Fsp3) is 0.571. The molecule has 1 heterocycles. The van der Waals surface area contributed by atoms with Crippen LogP contribution < -0.4 is 5.32 Å². The van der Waals surface area contributed by atoms with Crippen molar-refractivity contribution < 1.29 is 9.53 Å². The lowest BCUT2D eigenvalue weighted by Crippen LogP contribution is -2.31. The van der Waals surface area contributed by atoms with E-state index in [2.05, 4.69) is 5.32 Å². The average Bonchev–Trinajstić information content (AvgIpc) is 2.38. The van der Waals surface area contributed by atoms with E-state index in [1.807, 2.05) is 6.08 Å². The fourth-order valence-corrected chi connectivity index (χ4v) is 0.863. The Bertz CT molecular complexity index is 146. The molecule has 0 saturated heterocycles. The molecule has 0 aromatic rings. The Kier molecular flexibility index (Phi) is 2.31. The molecular weight excluding hydrogens is 130 g/mol. The summed E-state index contributed by atoms with van der Waals surface area (Å²) in [5.74, 6) is -0.160. The Balaban J connectivity index is 2.28. The van der Waals surface area contributed by atoms with E-state index < -0.39 is 0 Å². The van der Waals surface area contributed by atoms with Gasteiger partial charge in [0.2, 0.25) is 0 Å². The second-order valence-electron chi connectivity index (χ2n) is 2.11. The molecule has 3 nitrogen and oxygen atoms in total. The first kappa shape index (κ1) is 7.12. The van der Waals surface area contributed by atoms with E-state index in [1.165, 1.54) is 0 Å². The van der Waals surface area contributed by atoms with Crippen LogP contribution in [-0.4, -0.2) is 18.6 Å². The van der Waals surface area contributed by atoms with Gasteiger partial charge in [-0.2, -0.15) is 0 Å². The van der Waals surface area contributed by atoms with Gasteiger partial charge in [0.05, 0.1) is 6.61 Å². The van der Waals surface area contributed by atoms with Crippen LogP contribution in [0.1, 0.15) is 13.3 Å². The third kappa shape index (κ3) is 1.50. The summed E-state index contributed by atoms with van der Waals surface area (Å²) < 4.78 is 4.78. The monoisotopic (exact) mass is 141 g/mol. The molecule has 0 saturated carbocycles. The van der Waals surface area contributed by atoms with Crippen LogP contribution in [0.3, 0.4) is 0 Å². The number of rotatable bonds is 2. The third-order valence-electron chi connectivity index (χ3n) is 1.36. The molecule has 56 valence electrons. The summed E-state index contributed by atoms with van der Waals surface area (Å²) in [6, 6.07) is -0.139. The van der Waals surface area contributed by atoms with Crippen molar-refractivity contribution in [2.75, 3.05) is 6.61 Å². The van der Waals surface area contributed by atoms with E-state index in [4.69, 9.17) is 4.74 Å². The number of esters is 1. The SMILES string of the molecule is CCOC(=O)[C@@H]1CC=CN1. The maximum absolute atomic E-state index is 10.9. The molecule has 0 unspecified atom stereocenters. The summed E-state index contributed by atoms with van der Waals surface area (Å²) in [7, 11) is 0. The quantitative estimate of drug-likeness (QED) is 0.566. The van der Waals surface area contributed by atoms with Crippen LogP contribution >= 0.6 is 0 Å². The minimum absolute atomic E-state index is 0.139. The second kappa shape index (κ2) is 3.25. The standard InChI is InChI=1S/C7H11NO2/c1-2-10-7(9)6-4-3-5-8-6/h3,5-6,8H,2,4H2,1H3/t6-/m0/s1. The van der Waals surface area contributed by atoms with Crippen molar-refractivity contribution in [3.63, 3.8) is 0 Å². The summed E-state index contributed by atoms with van der Waals surface area (Å²) in [5, 5.41) is 2.89. The molecule has 0 aromatic carbocycles. The number of hydrogen-bond acceptors (Lipinski definition) is 3. The van der Waals surface area contributed by atoms with Gasteiger partial charge in [-0.15, -0.1) is 0 Å². The van der Waals surface area contributed by atoms with E-state index in [9.17, 15) is 4.79 Å². The number of nitrogens with one attached hydrogen (secondary N) is 1. The minimum atomic E-state index is -0.160. The summed E-state index contributed by atoms with van der Waals surface area (Å²) in [6.45, 7) is 2.26. The largest absolute Gasteiger partial charge is 0.464 e. The zero-order chi connectivity index (χ0) is 7.40. The van der Waals surface area contributed by atoms with Crippen LogP contribution in [0.4, 0.5) is 0 Å². The van der Waals surface area contributed by atoms with Gasteiger partial charge in [0, 0.05) is 0 Å². The van der Waals surface area contributed by atoms with Crippen molar-refractivity contribution in [1.29, 1.82) is 0 Å². The zero-order valence-corrected chi connectivity index (χ0v) is 5.96. The molecule has 0 bridgehead atoms. The lowest BCUT2D eigenvalue weighted by Gasteiger charge is -2.08. The number of carbonyl (C=O) groups excluding carboxylic acids is 1. The summed E-state index contributed by atoms with van der Waals surface area (Å²) >= 11 is 0. The van der Waals surface area contributed by atoms with Gasteiger partial charge in [-0.05, 0) is 19.5 Å². The summed E-state index contributed by atoms with van der Waals surface area (Å²) in [6.07, 6.45) is 4.45. The molecule has 1 aliphatic heterocycles. The highest BCUT2D eigenvalue weighted by molar-refractivity contribution is 5.76. The van der Waals surface area contributed by atoms with Crippen molar-refractivity contribution in [2.24, 2.45) is 0 Å². The lowest BCUT2D eigenvalue weighted by molar-refractivity contribution is -0.145. The van der Waals surface area contributed by atoms with Crippen LogP contribution in [0.25, 0.3) is 0 Å². The van der Waals surface area contributed by atoms with E-state index in [-0.39, 0.29) is 12.0 Å². The molecular formula is C7H11NO2. The van der Waals surface area contributed by atoms with Crippen LogP contribution in [0.15, 0.2) is 12.3 Å². The van der Waals surface area contributed by atoms with Gasteiger partial charge in [0.15, 0.2) is 0 Å². The van der Waals surface area contributed by atoms with Gasteiger partial charge in [-0.1, -0.05) is 6.08 Å². The predicted molar refractivity (Wildman–Crippen MR) is 37.3 cm³/mol. The maximum atomic E-state index is 10.9. The van der Waals surface area contributed by atoms with Crippen molar-refractivity contribution in [1.82, 2.24) is 5.32 Å². The summed E-state index contributed by atoms with van der Waals surface area (Å²) in [4.78, 5) is 10.9. The van der Waals surface area contributed by atoms with Crippen LogP contribution in [0.5, 0.6) is 0 Å². The van der Waals surface area contributed by atoms with Gasteiger partial charge in [0.25, 0.3) is 0 Å². The number of ether oxygens (including phenoxy) is 1. The van der Waals surface area contributed by atoms with Crippen LogP contribution in [0.2, 0.25) is 0 Å². The highest BCUT2D eigenvalue weighted by Gasteiger charge is 2.18. The lowest BCUT2D eigenvalue weighted by atomic mass is 10.2. The molecule has 3 heteroatoms.